The first-order valence-corrected chi connectivity index (χ1v) is 8.52. The quantitative estimate of drug-likeness (QED) is 0.539. The van der Waals surface area contributed by atoms with Crippen molar-refractivity contribution in [3.8, 4) is 0 Å². The van der Waals surface area contributed by atoms with Gasteiger partial charge in [0.1, 0.15) is 17.5 Å². The standard InChI is InChI=1S/C19H18F3NO2S/c1-2-3-7-25-18(26)10-13-9-17(16(22)11-15(13)21)23-19(24)12-5-4-6-14(20)8-12/h4-6,8-9,11H,2-3,7,10H2,1H3,(H,23,24). The second-order valence-electron chi connectivity index (χ2n) is 5.64. The van der Waals surface area contributed by atoms with Gasteiger partial charge in [-0.25, -0.2) is 13.2 Å². The number of halogens is 3. The van der Waals surface area contributed by atoms with Gasteiger partial charge in [0.05, 0.1) is 12.3 Å². The Kier molecular flexibility index (Phi) is 7.15. The van der Waals surface area contributed by atoms with Crippen LogP contribution in [0, 0.1) is 17.5 Å². The molecule has 2 aromatic rings. The summed E-state index contributed by atoms with van der Waals surface area (Å²) in [4.78, 5) is 12.1. The number of hydrogen-bond acceptors (Lipinski definition) is 3. The molecule has 1 amide bonds. The molecule has 1 N–H and O–H groups in total. The number of rotatable bonds is 7. The summed E-state index contributed by atoms with van der Waals surface area (Å²) in [5.41, 5.74) is -0.0943. The van der Waals surface area contributed by atoms with Crippen molar-refractivity contribution >= 4 is 28.9 Å². The number of nitrogens with one attached hydrogen (secondary N) is 1. The van der Waals surface area contributed by atoms with E-state index < -0.39 is 23.4 Å². The van der Waals surface area contributed by atoms with E-state index in [0.717, 1.165) is 25.0 Å². The van der Waals surface area contributed by atoms with Crippen LogP contribution >= 0.6 is 12.2 Å². The number of carbonyl (C=O) groups is 1. The molecule has 0 radical (unpaired) electrons. The monoisotopic (exact) mass is 381 g/mol. The molecule has 0 saturated heterocycles. The molecule has 138 valence electrons. The van der Waals surface area contributed by atoms with Crippen molar-refractivity contribution in [2.45, 2.75) is 26.2 Å². The Morgan fingerprint density at radius 3 is 2.62 bits per heavy atom. The number of carbonyl (C=O) groups excluding carboxylic acids is 1. The molecule has 0 spiro atoms. The third-order valence-corrected chi connectivity index (χ3v) is 3.83. The zero-order valence-electron chi connectivity index (χ0n) is 14.2. The van der Waals surface area contributed by atoms with Crippen molar-refractivity contribution in [1.82, 2.24) is 0 Å². The maximum Gasteiger partial charge on any atom is 0.255 e. The summed E-state index contributed by atoms with van der Waals surface area (Å²) in [5.74, 6) is -3.02. The van der Waals surface area contributed by atoms with Crippen LogP contribution in [0.25, 0.3) is 0 Å². The Balaban J connectivity index is 2.14. The predicted molar refractivity (Wildman–Crippen MR) is 97.9 cm³/mol. The molecule has 0 aliphatic carbocycles. The van der Waals surface area contributed by atoms with Crippen LogP contribution in [-0.4, -0.2) is 17.6 Å². The number of hydrogen-bond donors (Lipinski definition) is 1. The topological polar surface area (TPSA) is 38.3 Å². The van der Waals surface area contributed by atoms with Crippen LogP contribution in [0.15, 0.2) is 36.4 Å². The van der Waals surface area contributed by atoms with E-state index in [1.165, 1.54) is 18.2 Å². The molecule has 0 fully saturated rings. The Hall–Kier alpha value is -2.41. The van der Waals surface area contributed by atoms with Gasteiger partial charge in [-0.1, -0.05) is 19.4 Å². The molecular weight excluding hydrogens is 363 g/mol. The van der Waals surface area contributed by atoms with Crippen molar-refractivity contribution in [3.63, 3.8) is 0 Å². The van der Waals surface area contributed by atoms with Gasteiger partial charge in [-0.3, -0.25) is 4.79 Å². The Morgan fingerprint density at radius 2 is 1.92 bits per heavy atom. The lowest BCUT2D eigenvalue weighted by molar-refractivity contribution is 0.102. The van der Waals surface area contributed by atoms with Gasteiger partial charge in [0, 0.05) is 18.1 Å². The third kappa shape index (κ3) is 5.56. The second kappa shape index (κ2) is 9.33. The molecule has 0 aromatic heterocycles. The van der Waals surface area contributed by atoms with Gasteiger partial charge in [-0.2, -0.15) is 0 Å². The van der Waals surface area contributed by atoms with Gasteiger partial charge in [-0.15, -0.1) is 0 Å². The Labute approximate surface area is 155 Å². The fourth-order valence-corrected chi connectivity index (χ4v) is 2.42. The molecule has 0 aliphatic heterocycles. The number of anilines is 1. The van der Waals surface area contributed by atoms with Gasteiger partial charge < -0.3 is 10.1 Å². The highest BCUT2D eigenvalue weighted by molar-refractivity contribution is 7.80. The first-order valence-electron chi connectivity index (χ1n) is 8.11. The van der Waals surface area contributed by atoms with E-state index in [9.17, 15) is 18.0 Å². The number of amides is 1. The summed E-state index contributed by atoms with van der Waals surface area (Å²) in [6.45, 7) is 2.43. The molecule has 0 bridgehead atoms. The second-order valence-corrected chi connectivity index (χ2v) is 6.09. The summed E-state index contributed by atoms with van der Waals surface area (Å²) in [5, 5.41) is 2.50. The minimum Gasteiger partial charge on any atom is -0.487 e. The predicted octanol–water partition coefficient (Wildman–Crippen LogP) is 5.04. The van der Waals surface area contributed by atoms with E-state index in [1.807, 2.05) is 6.92 Å². The van der Waals surface area contributed by atoms with Gasteiger partial charge in [0.25, 0.3) is 5.91 Å². The summed E-state index contributed by atoms with van der Waals surface area (Å²) < 4.78 is 46.5. The fourth-order valence-electron chi connectivity index (χ4n) is 2.19. The van der Waals surface area contributed by atoms with Crippen molar-refractivity contribution < 1.29 is 22.7 Å². The van der Waals surface area contributed by atoms with Gasteiger partial charge >= 0.3 is 0 Å². The summed E-state index contributed by atoms with van der Waals surface area (Å²) >= 11 is 5.05. The summed E-state index contributed by atoms with van der Waals surface area (Å²) in [6, 6.07) is 6.80. The summed E-state index contributed by atoms with van der Waals surface area (Å²) in [6.07, 6.45) is 1.73. The van der Waals surface area contributed by atoms with E-state index in [4.69, 9.17) is 17.0 Å². The minimum atomic E-state index is -0.936. The highest BCUT2D eigenvalue weighted by Crippen LogP contribution is 2.21. The molecule has 0 unspecified atom stereocenters. The van der Waals surface area contributed by atoms with E-state index >= 15 is 0 Å². The lowest BCUT2D eigenvalue weighted by atomic mass is 10.1. The van der Waals surface area contributed by atoms with Crippen molar-refractivity contribution in [2.24, 2.45) is 0 Å². The van der Waals surface area contributed by atoms with E-state index in [-0.39, 0.29) is 28.3 Å². The van der Waals surface area contributed by atoms with Crippen molar-refractivity contribution in [2.75, 3.05) is 11.9 Å². The van der Waals surface area contributed by atoms with Crippen molar-refractivity contribution in [1.29, 1.82) is 0 Å². The smallest absolute Gasteiger partial charge is 0.255 e. The lowest BCUT2D eigenvalue weighted by Gasteiger charge is -2.11. The molecule has 0 aliphatic rings. The van der Waals surface area contributed by atoms with Crippen molar-refractivity contribution in [3.05, 3.63) is 65.0 Å². The first-order chi connectivity index (χ1) is 12.4. The van der Waals surface area contributed by atoms with Crippen LogP contribution < -0.4 is 5.32 Å². The fraction of sp³-hybridized carbons (Fsp3) is 0.263. The van der Waals surface area contributed by atoms with Crippen LogP contribution in [0.2, 0.25) is 0 Å². The van der Waals surface area contributed by atoms with Gasteiger partial charge in [0.2, 0.25) is 0 Å². The highest BCUT2D eigenvalue weighted by atomic mass is 32.1. The molecule has 2 rings (SSSR count). The van der Waals surface area contributed by atoms with Crippen LogP contribution in [-0.2, 0) is 11.2 Å². The molecule has 3 nitrogen and oxygen atoms in total. The number of thiocarbonyl (C=S) groups is 1. The Morgan fingerprint density at radius 1 is 1.15 bits per heavy atom. The third-order valence-electron chi connectivity index (χ3n) is 3.57. The number of unbranched alkanes of at least 4 members (excludes halogenated alkanes) is 1. The molecule has 0 heterocycles. The Bertz CT molecular complexity index is 811. The number of benzene rings is 2. The zero-order chi connectivity index (χ0) is 19.1. The van der Waals surface area contributed by atoms with Crippen LogP contribution in [0.3, 0.4) is 0 Å². The largest absolute Gasteiger partial charge is 0.487 e. The van der Waals surface area contributed by atoms with E-state index in [2.05, 4.69) is 5.32 Å². The number of ether oxygens (including phenoxy) is 1. The van der Waals surface area contributed by atoms with Gasteiger partial charge in [-0.05, 0) is 48.5 Å². The summed E-state index contributed by atoms with van der Waals surface area (Å²) in [7, 11) is 0. The SMILES string of the molecule is CCCCOC(=S)Cc1cc(NC(=O)c2cccc(F)c2)c(F)cc1F. The van der Waals surface area contributed by atoms with Crippen LogP contribution in [0.4, 0.5) is 18.9 Å². The first kappa shape index (κ1) is 19.9. The zero-order valence-corrected chi connectivity index (χ0v) is 15.0. The lowest BCUT2D eigenvalue weighted by Crippen LogP contribution is -2.15. The van der Waals surface area contributed by atoms with E-state index in [1.54, 1.807) is 0 Å². The average Bonchev–Trinajstić information content (AvgIpc) is 2.59. The molecule has 0 atom stereocenters. The highest BCUT2D eigenvalue weighted by Gasteiger charge is 2.15. The normalized spacial score (nSPS) is 10.5. The molecular formula is C19H18F3NO2S. The minimum absolute atomic E-state index is 0.0198. The maximum atomic E-state index is 14.0. The van der Waals surface area contributed by atoms with E-state index in [0.29, 0.717) is 12.7 Å². The maximum absolute atomic E-state index is 14.0. The van der Waals surface area contributed by atoms with Crippen LogP contribution in [0.5, 0.6) is 0 Å². The average molecular weight is 381 g/mol. The van der Waals surface area contributed by atoms with Crippen LogP contribution in [0.1, 0.15) is 35.7 Å². The molecule has 7 heteroatoms. The molecule has 0 saturated carbocycles. The van der Waals surface area contributed by atoms with Gasteiger partial charge in [0.15, 0.2) is 5.05 Å². The molecule has 26 heavy (non-hydrogen) atoms. The molecule has 2 aromatic carbocycles.